The fourth-order valence-electron chi connectivity index (χ4n) is 1.76. The van der Waals surface area contributed by atoms with Gasteiger partial charge in [0.15, 0.2) is 5.15 Å². The second-order valence-electron chi connectivity index (χ2n) is 3.81. The maximum atomic E-state index is 12.5. The molecular formula is C9H9ClF2N2O. The summed E-state index contributed by atoms with van der Waals surface area (Å²) in [6.45, 7) is 0.288. The topological polar surface area (TPSA) is 34.9 Å². The molecule has 0 saturated heterocycles. The maximum Gasteiger partial charge on any atom is 0.288 e. The predicted molar refractivity (Wildman–Crippen MR) is 51.2 cm³/mol. The van der Waals surface area contributed by atoms with Gasteiger partial charge >= 0.3 is 0 Å². The molecule has 0 aromatic carbocycles. The van der Waals surface area contributed by atoms with Crippen LogP contribution in [0.15, 0.2) is 17.2 Å². The van der Waals surface area contributed by atoms with E-state index in [0.717, 1.165) is 0 Å². The van der Waals surface area contributed by atoms with E-state index in [2.05, 4.69) is 4.98 Å². The van der Waals surface area contributed by atoms with Gasteiger partial charge in [0.05, 0.1) is 0 Å². The first-order chi connectivity index (χ1) is 6.98. The normalized spacial score (nSPS) is 19.9. The lowest BCUT2D eigenvalue weighted by Crippen LogP contribution is -2.39. The molecule has 0 amide bonds. The molecule has 1 aliphatic rings. The zero-order valence-corrected chi connectivity index (χ0v) is 8.55. The van der Waals surface area contributed by atoms with Crippen LogP contribution in [-0.4, -0.2) is 15.5 Å². The van der Waals surface area contributed by atoms with E-state index in [4.69, 9.17) is 11.6 Å². The molecule has 1 aromatic rings. The zero-order valence-electron chi connectivity index (χ0n) is 7.79. The minimum Gasteiger partial charge on any atom is -0.311 e. The van der Waals surface area contributed by atoms with E-state index in [1.807, 2.05) is 0 Å². The molecule has 3 nitrogen and oxygen atoms in total. The SMILES string of the molecule is O=c1c(Cl)nccn1CC1CC(F)(F)C1. The van der Waals surface area contributed by atoms with Gasteiger partial charge in [0.1, 0.15) is 0 Å². The molecule has 1 aliphatic carbocycles. The maximum absolute atomic E-state index is 12.5. The Morgan fingerprint density at radius 2 is 2.27 bits per heavy atom. The molecule has 1 saturated carbocycles. The van der Waals surface area contributed by atoms with E-state index < -0.39 is 11.5 Å². The highest BCUT2D eigenvalue weighted by Crippen LogP contribution is 2.42. The van der Waals surface area contributed by atoms with Crippen LogP contribution in [0.2, 0.25) is 5.15 Å². The third-order valence-electron chi connectivity index (χ3n) is 2.50. The second kappa shape index (κ2) is 3.56. The van der Waals surface area contributed by atoms with Gasteiger partial charge in [-0.05, 0) is 5.92 Å². The minimum absolute atomic E-state index is 0.122. The van der Waals surface area contributed by atoms with Gasteiger partial charge in [0.25, 0.3) is 5.56 Å². The predicted octanol–water partition coefficient (Wildman–Crippen LogP) is 1.94. The minimum atomic E-state index is -2.55. The van der Waals surface area contributed by atoms with Crippen LogP contribution in [0.25, 0.3) is 0 Å². The van der Waals surface area contributed by atoms with E-state index in [9.17, 15) is 13.6 Å². The number of halogens is 3. The van der Waals surface area contributed by atoms with E-state index in [0.29, 0.717) is 0 Å². The Kier molecular flexibility index (Phi) is 2.50. The Morgan fingerprint density at radius 1 is 1.60 bits per heavy atom. The molecule has 2 rings (SSSR count). The van der Waals surface area contributed by atoms with Crippen LogP contribution in [0.1, 0.15) is 12.8 Å². The number of hydrogen-bond acceptors (Lipinski definition) is 2. The monoisotopic (exact) mass is 234 g/mol. The Hall–Kier alpha value is -0.970. The summed E-state index contributed by atoms with van der Waals surface area (Å²) in [7, 11) is 0. The Balaban J connectivity index is 2.07. The van der Waals surface area contributed by atoms with Gasteiger partial charge in [0.2, 0.25) is 5.92 Å². The zero-order chi connectivity index (χ0) is 11.1. The van der Waals surface area contributed by atoms with Crippen molar-refractivity contribution in [1.29, 1.82) is 0 Å². The van der Waals surface area contributed by atoms with Crippen LogP contribution < -0.4 is 5.56 Å². The average Bonchev–Trinajstić information content (AvgIpc) is 2.10. The molecular weight excluding hydrogens is 226 g/mol. The fraction of sp³-hybridized carbons (Fsp3) is 0.556. The van der Waals surface area contributed by atoms with Gasteiger partial charge in [-0.3, -0.25) is 4.79 Å². The highest BCUT2D eigenvalue weighted by molar-refractivity contribution is 6.29. The lowest BCUT2D eigenvalue weighted by Gasteiger charge is -2.35. The van der Waals surface area contributed by atoms with Crippen LogP contribution in [0, 0.1) is 5.92 Å². The fourth-order valence-corrected chi connectivity index (χ4v) is 1.92. The third kappa shape index (κ3) is 2.17. The third-order valence-corrected chi connectivity index (χ3v) is 2.76. The van der Waals surface area contributed by atoms with Gasteiger partial charge < -0.3 is 4.57 Å². The van der Waals surface area contributed by atoms with E-state index in [1.54, 1.807) is 0 Å². The largest absolute Gasteiger partial charge is 0.311 e. The molecule has 0 unspecified atom stereocenters. The van der Waals surface area contributed by atoms with Gasteiger partial charge in [-0.2, -0.15) is 0 Å². The van der Waals surface area contributed by atoms with Gasteiger partial charge in [0, 0.05) is 31.8 Å². The van der Waals surface area contributed by atoms with Crippen molar-refractivity contribution < 1.29 is 8.78 Å². The van der Waals surface area contributed by atoms with Crippen LogP contribution in [0.5, 0.6) is 0 Å². The quantitative estimate of drug-likeness (QED) is 0.784. The highest BCUT2D eigenvalue weighted by atomic mass is 35.5. The van der Waals surface area contributed by atoms with Crippen molar-refractivity contribution in [3.05, 3.63) is 27.9 Å². The number of hydrogen-bond donors (Lipinski definition) is 0. The van der Waals surface area contributed by atoms with Crippen LogP contribution >= 0.6 is 11.6 Å². The molecule has 0 bridgehead atoms. The summed E-state index contributed by atoms with van der Waals surface area (Å²) in [4.78, 5) is 15.0. The molecule has 15 heavy (non-hydrogen) atoms. The van der Waals surface area contributed by atoms with E-state index >= 15 is 0 Å². The first kappa shape index (κ1) is 10.5. The van der Waals surface area contributed by atoms with Crippen molar-refractivity contribution in [2.45, 2.75) is 25.3 Å². The molecule has 1 aromatic heterocycles. The Bertz CT molecular complexity index is 424. The Morgan fingerprint density at radius 3 is 2.87 bits per heavy atom. The van der Waals surface area contributed by atoms with Crippen molar-refractivity contribution in [1.82, 2.24) is 9.55 Å². The summed E-state index contributed by atoms with van der Waals surface area (Å²) in [5.74, 6) is -2.69. The summed E-state index contributed by atoms with van der Waals surface area (Å²) in [6, 6.07) is 0. The second-order valence-corrected chi connectivity index (χ2v) is 4.16. The molecule has 0 radical (unpaired) electrons. The molecule has 1 heterocycles. The summed E-state index contributed by atoms with van der Waals surface area (Å²) >= 11 is 5.52. The number of rotatable bonds is 2. The summed E-state index contributed by atoms with van der Waals surface area (Å²) in [5.41, 5.74) is -0.422. The average molecular weight is 235 g/mol. The van der Waals surface area contributed by atoms with Crippen molar-refractivity contribution in [3.8, 4) is 0 Å². The molecule has 0 N–H and O–H groups in total. The first-order valence-corrected chi connectivity index (χ1v) is 4.94. The highest BCUT2D eigenvalue weighted by Gasteiger charge is 2.45. The van der Waals surface area contributed by atoms with Crippen LogP contribution in [0.4, 0.5) is 8.78 Å². The lowest BCUT2D eigenvalue weighted by atomic mass is 9.81. The van der Waals surface area contributed by atoms with Crippen molar-refractivity contribution >= 4 is 11.6 Å². The van der Waals surface area contributed by atoms with Gasteiger partial charge in [-0.1, -0.05) is 11.6 Å². The molecule has 0 aliphatic heterocycles. The van der Waals surface area contributed by atoms with E-state index in [1.165, 1.54) is 17.0 Å². The number of alkyl halides is 2. The molecule has 82 valence electrons. The smallest absolute Gasteiger partial charge is 0.288 e. The first-order valence-electron chi connectivity index (χ1n) is 4.57. The van der Waals surface area contributed by atoms with Crippen molar-refractivity contribution in [2.75, 3.05) is 0 Å². The van der Waals surface area contributed by atoms with Gasteiger partial charge in [-0.25, -0.2) is 13.8 Å². The van der Waals surface area contributed by atoms with Crippen LogP contribution in [-0.2, 0) is 6.54 Å². The number of nitrogens with zero attached hydrogens (tertiary/aromatic N) is 2. The Labute approximate surface area is 89.7 Å². The summed E-state index contributed by atoms with van der Waals surface area (Å²) in [6.07, 6.45) is 2.55. The molecule has 0 spiro atoms. The molecule has 0 atom stereocenters. The molecule has 6 heteroatoms. The van der Waals surface area contributed by atoms with Gasteiger partial charge in [-0.15, -0.1) is 0 Å². The summed E-state index contributed by atoms with van der Waals surface area (Å²) < 4.78 is 26.4. The number of aromatic nitrogens is 2. The molecule has 1 fully saturated rings. The summed E-state index contributed by atoms with van der Waals surface area (Å²) in [5, 5.41) is -0.122. The standard InChI is InChI=1S/C9H9ClF2N2O/c10-7-8(15)14(2-1-13-7)5-6-3-9(11,12)4-6/h1-2,6H,3-5H2. The van der Waals surface area contributed by atoms with Crippen molar-refractivity contribution in [2.24, 2.45) is 5.92 Å². The van der Waals surface area contributed by atoms with Crippen molar-refractivity contribution in [3.63, 3.8) is 0 Å². The van der Waals surface area contributed by atoms with Crippen LogP contribution in [0.3, 0.4) is 0 Å². The lowest BCUT2D eigenvalue weighted by molar-refractivity contribution is -0.114. The van der Waals surface area contributed by atoms with E-state index in [-0.39, 0.29) is 30.5 Å².